The van der Waals surface area contributed by atoms with Crippen molar-refractivity contribution >= 4 is 5.91 Å². The predicted octanol–water partition coefficient (Wildman–Crippen LogP) is 0.797. The summed E-state index contributed by atoms with van der Waals surface area (Å²) in [7, 11) is 1.77. The summed E-state index contributed by atoms with van der Waals surface area (Å²) in [6.07, 6.45) is 2.57. The number of piperazine rings is 1. The zero-order valence-corrected chi connectivity index (χ0v) is 12.0. The van der Waals surface area contributed by atoms with E-state index in [1.54, 1.807) is 18.1 Å². The quantitative estimate of drug-likeness (QED) is 0.898. The third kappa shape index (κ3) is 2.64. The zero-order chi connectivity index (χ0) is 14.8. The Morgan fingerprint density at radius 2 is 2.38 bits per heavy atom. The van der Waals surface area contributed by atoms with E-state index in [-0.39, 0.29) is 18.5 Å². The molecule has 1 saturated heterocycles. The number of rotatable bonds is 3. The van der Waals surface area contributed by atoms with Gasteiger partial charge in [-0.2, -0.15) is 4.98 Å². The third-order valence-corrected chi connectivity index (χ3v) is 3.61. The Morgan fingerprint density at radius 3 is 3.14 bits per heavy atom. The van der Waals surface area contributed by atoms with E-state index < -0.39 is 0 Å². The average molecular weight is 287 g/mol. The molecule has 21 heavy (non-hydrogen) atoms. The van der Waals surface area contributed by atoms with E-state index in [0.29, 0.717) is 18.3 Å². The lowest BCUT2D eigenvalue weighted by molar-refractivity contribution is -0.131. The van der Waals surface area contributed by atoms with Crippen LogP contribution in [0.25, 0.3) is 11.5 Å². The van der Waals surface area contributed by atoms with Gasteiger partial charge in [0.25, 0.3) is 0 Å². The molecule has 1 aliphatic rings. The van der Waals surface area contributed by atoms with Gasteiger partial charge in [0.05, 0.1) is 6.54 Å². The lowest BCUT2D eigenvalue weighted by Crippen LogP contribution is -2.47. The van der Waals surface area contributed by atoms with Crippen molar-refractivity contribution in [3.63, 3.8) is 0 Å². The summed E-state index contributed by atoms with van der Waals surface area (Å²) >= 11 is 0. The van der Waals surface area contributed by atoms with Gasteiger partial charge in [0.15, 0.2) is 0 Å². The zero-order valence-electron chi connectivity index (χ0n) is 12.0. The van der Waals surface area contributed by atoms with Crippen molar-refractivity contribution in [2.24, 2.45) is 0 Å². The number of nitrogens with one attached hydrogen (secondary N) is 1. The van der Waals surface area contributed by atoms with Gasteiger partial charge in [-0.3, -0.25) is 15.1 Å². The maximum atomic E-state index is 11.5. The molecule has 2 aromatic rings. The second-order valence-electron chi connectivity index (χ2n) is 5.03. The van der Waals surface area contributed by atoms with E-state index in [1.807, 2.05) is 12.1 Å². The highest BCUT2D eigenvalue weighted by molar-refractivity contribution is 5.78. The Bertz CT molecular complexity index is 654. The van der Waals surface area contributed by atoms with E-state index in [4.69, 9.17) is 4.52 Å². The van der Waals surface area contributed by atoms with Gasteiger partial charge in [0, 0.05) is 19.8 Å². The first-order valence-corrected chi connectivity index (χ1v) is 6.94. The molecule has 0 aromatic carbocycles. The summed E-state index contributed by atoms with van der Waals surface area (Å²) in [5, 5.41) is 7.12. The standard InChI is InChI=1S/C14H17N5O2/c1-3-9-5-4-6-15-12(9)13-17-14(21-18-13)10-8-19(2)11(20)7-16-10/h4-6,10,16H,3,7-8H2,1-2H3. The molecule has 110 valence electrons. The van der Waals surface area contributed by atoms with Gasteiger partial charge >= 0.3 is 0 Å². The van der Waals surface area contributed by atoms with Crippen LogP contribution in [0.3, 0.4) is 0 Å². The first-order chi connectivity index (χ1) is 10.2. The summed E-state index contributed by atoms with van der Waals surface area (Å²) in [4.78, 5) is 21.9. The Hall–Kier alpha value is -2.28. The number of aryl methyl sites for hydroxylation is 1. The Labute approximate surface area is 122 Å². The molecule has 1 atom stereocenters. The van der Waals surface area contributed by atoms with Crippen molar-refractivity contribution in [2.45, 2.75) is 19.4 Å². The fourth-order valence-electron chi connectivity index (χ4n) is 2.35. The molecule has 0 spiro atoms. The SMILES string of the molecule is CCc1cccnc1-c1noc(C2CN(C)C(=O)CN2)n1. The molecule has 1 unspecified atom stereocenters. The second-order valence-corrected chi connectivity index (χ2v) is 5.03. The fraction of sp³-hybridized carbons (Fsp3) is 0.429. The van der Waals surface area contributed by atoms with Gasteiger partial charge in [-0.25, -0.2) is 0 Å². The summed E-state index contributed by atoms with van der Waals surface area (Å²) < 4.78 is 5.34. The van der Waals surface area contributed by atoms with Crippen molar-refractivity contribution in [3.05, 3.63) is 29.8 Å². The molecular weight excluding hydrogens is 270 g/mol. The van der Waals surface area contributed by atoms with Crippen LogP contribution in [0.5, 0.6) is 0 Å². The van der Waals surface area contributed by atoms with E-state index in [2.05, 4.69) is 27.4 Å². The number of carbonyl (C=O) groups excluding carboxylic acids is 1. The summed E-state index contributed by atoms with van der Waals surface area (Å²) in [6.45, 7) is 2.86. The normalized spacial score (nSPS) is 19.0. The van der Waals surface area contributed by atoms with Gasteiger partial charge in [0.1, 0.15) is 11.7 Å². The molecule has 3 rings (SSSR count). The molecule has 1 aliphatic heterocycles. The number of hydrogen-bond donors (Lipinski definition) is 1. The number of amides is 1. The van der Waals surface area contributed by atoms with E-state index in [0.717, 1.165) is 17.7 Å². The van der Waals surface area contributed by atoms with Crippen LogP contribution in [0.15, 0.2) is 22.9 Å². The first kappa shape index (κ1) is 13.7. The highest BCUT2D eigenvalue weighted by Crippen LogP contribution is 2.22. The first-order valence-electron chi connectivity index (χ1n) is 6.94. The van der Waals surface area contributed by atoms with E-state index in [9.17, 15) is 4.79 Å². The molecule has 0 saturated carbocycles. The Morgan fingerprint density at radius 1 is 1.52 bits per heavy atom. The molecule has 1 fully saturated rings. The average Bonchev–Trinajstić information content (AvgIpc) is 2.99. The lowest BCUT2D eigenvalue weighted by atomic mass is 10.1. The Balaban J connectivity index is 1.85. The Kier molecular flexibility index (Phi) is 3.66. The molecule has 1 amide bonds. The minimum absolute atomic E-state index is 0.0592. The topological polar surface area (TPSA) is 84.2 Å². The van der Waals surface area contributed by atoms with E-state index in [1.165, 1.54) is 0 Å². The number of aromatic nitrogens is 3. The number of carbonyl (C=O) groups is 1. The molecule has 7 heteroatoms. The maximum Gasteiger partial charge on any atom is 0.245 e. The number of hydrogen-bond acceptors (Lipinski definition) is 6. The highest BCUT2D eigenvalue weighted by Gasteiger charge is 2.28. The van der Waals surface area contributed by atoms with Crippen LogP contribution in [0.4, 0.5) is 0 Å². The second kappa shape index (κ2) is 5.61. The minimum Gasteiger partial charge on any atom is -0.343 e. The molecular formula is C14H17N5O2. The monoisotopic (exact) mass is 287 g/mol. The highest BCUT2D eigenvalue weighted by atomic mass is 16.5. The van der Waals surface area contributed by atoms with Crippen molar-refractivity contribution < 1.29 is 9.32 Å². The molecule has 0 radical (unpaired) electrons. The third-order valence-electron chi connectivity index (χ3n) is 3.61. The fourth-order valence-corrected chi connectivity index (χ4v) is 2.35. The molecule has 0 bridgehead atoms. The molecule has 3 heterocycles. The minimum atomic E-state index is -0.136. The van der Waals surface area contributed by atoms with Gasteiger partial charge in [0.2, 0.25) is 17.6 Å². The van der Waals surface area contributed by atoms with Gasteiger partial charge in [-0.15, -0.1) is 0 Å². The molecule has 7 nitrogen and oxygen atoms in total. The molecule has 1 N–H and O–H groups in total. The molecule has 0 aliphatic carbocycles. The smallest absolute Gasteiger partial charge is 0.245 e. The number of likely N-dealkylation sites (N-methyl/N-ethyl adjacent to an activating group) is 1. The predicted molar refractivity (Wildman–Crippen MR) is 75.3 cm³/mol. The largest absolute Gasteiger partial charge is 0.343 e. The van der Waals surface area contributed by atoms with Crippen LogP contribution >= 0.6 is 0 Å². The molecule has 2 aromatic heterocycles. The summed E-state index contributed by atoms with van der Waals surface area (Å²) in [5.41, 5.74) is 1.82. The van der Waals surface area contributed by atoms with Crippen LogP contribution < -0.4 is 5.32 Å². The van der Waals surface area contributed by atoms with E-state index >= 15 is 0 Å². The van der Waals surface area contributed by atoms with Crippen LogP contribution in [0.2, 0.25) is 0 Å². The van der Waals surface area contributed by atoms with Gasteiger partial charge in [-0.05, 0) is 18.1 Å². The van der Waals surface area contributed by atoms with Crippen LogP contribution in [0, 0.1) is 0 Å². The van der Waals surface area contributed by atoms with Crippen molar-refractivity contribution in [1.29, 1.82) is 0 Å². The lowest BCUT2D eigenvalue weighted by Gasteiger charge is -2.28. The van der Waals surface area contributed by atoms with Crippen LogP contribution in [-0.2, 0) is 11.2 Å². The van der Waals surface area contributed by atoms with Crippen molar-refractivity contribution in [1.82, 2.24) is 25.3 Å². The van der Waals surface area contributed by atoms with Crippen LogP contribution in [-0.4, -0.2) is 46.1 Å². The van der Waals surface area contributed by atoms with Crippen molar-refractivity contribution in [3.8, 4) is 11.5 Å². The summed E-state index contributed by atoms with van der Waals surface area (Å²) in [5.74, 6) is 1.03. The number of nitrogens with zero attached hydrogens (tertiary/aromatic N) is 4. The summed E-state index contributed by atoms with van der Waals surface area (Å²) in [6, 6.07) is 3.76. The van der Waals surface area contributed by atoms with Crippen molar-refractivity contribution in [2.75, 3.05) is 20.1 Å². The number of pyridine rings is 1. The van der Waals surface area contributed by atoms with Gasteiger partial charge in [-0.1, -0.05) is 18.1 Å². The van der Waals surface area contributed by atoms with Crippen LogP contribution in [0.1, 0.15) is 24.4 Å². The van der Waals surface area contributed by atoms with Gasteiger partial charge < -0.3 is 9.42 Å². The maximum absolute atomic E-state index is 11.5.